The molecular formula is C26H23N5O3S. The smallest absolute Gasteiger partial charge is 0.269 e. The normalized spacial score (nSPS) is 20.0. The second-order valence-corrected chi connectivity index (χ2v) is 10.1. The molecule has 1 aromatic carbocycles. The zero-order chi connectivity index (χ0) is 24.7. The predicted molar refractivity (Wildman–Crippen MR) is 131 cm³/mol. The van der Waals surface area contributed by atoms with Crippen LogP contribution in [0.25, 0.3) is 0 Å². The lowest BCUT2D eigenvalue weighted by Gasteiger charge is -2.39. The molecule has 2 heterocycles. The SMILES string of the molecule is N#CC1=C(N)N(c2sc3c(c2C#N)CCCCC3)C2=C(C(=O)CCC2)[C@H]1c1cccc([N+](=O)[O-])c1. The molecule has 0 bridgehead atoms. The number of carbonyl (C=O) groups excluding carboxylic acids is 1. The quantitative estimate of drug-likeness (QED) is 0.362. The summed E-state index contributed by atoms with van der Waals surface area (Å²) in [6.45, 7) is 0. The van der Waals surface area contributed by atoms with E-state index in [2.05, 4.69) is 12.1 Å². The predicted octanol–water partition coefficient (Wildman–Crippen LogP) is 5.10. The number of fused-ring (bicyclic) bond motifs is 1. The van der Waals surface area contributed by atoms with Crippen molar-refractivity contribution in [1.29, 1.82) is 10.5 Å². The highest BCUT2D eigenvalue weighted by molar-refractivity contribution is 7.16. The molecule has 0 fully saturated rings. The number of nitro benzene ring substituents is 1. The van der Waals surface area contributed by atoms with Gasteiger partial charge in [-0.3, -0.25) is 19.8 Å². The highest BCUT2D eigenvalue weighted by atomic mass is 32.1. The Balaban J connectivity index is 1.74. The largest absolute Gasteiger partial charge is 0.384 e. The van der Waals surface area contributed by atoms with E-state index in [4.69, 9.17) is 5.73 Å². The van der Waals surface area contributed by atoms with Crippen molar-refractivity contribution in [2.24, 2.45) is 5.73 Å². The van der Waals surface area contributed by atoms with E-state index >= 15 is 0 Å². The van der Waals surface area contributed by atoms with Crippen LogP contribution in [-0.4, -0.2) is 10.7 Å². The van der Waals surface area contributed by atoms with Crippen LogP contribution in [0.4, 0.5) is 10.7 Å². The Labute approximate surface area is 206 Å². The number of aryl methyl sites for hydroxylation is 1. The van der Waals surface area contributed by atoms with Gasteiger partial charge >= 0.3 is 0 Å². The number of carbonyl (C=O) groups is 1. The number of Topliss-reactive ketones (excluding diaryl/α,β-unsaturated/α-hetero) is 1. The van der Waals surface area contributed by atoms with Gasteiger partial charge in [-0.2, -0.15) is 10.5 Å². The van der Waals surface area contributed by atoms with E-state index in [0.29, 0.717) is 46.7 Å². The average Bonchev–Trinajstić information content (AvgIpc) is 3.03. The number of nitro groups is 1. The van der Waals surface area contributed by atoms with Crippen LogP contribution in [-0.2, 0) is 17.6 Å². The number of anilines is 1. The number of nitrogens with zero attached hydrogens (tertiary/aromatic N) is 4. The maximum absolute atomic E-state index is 13.3. The summed E-state index contributed by atoms with van der Waals surface area (Å²) in [7, 11) is 0. The lowest BCUT2D eigenvalue weighted by atomic mass is 9.75. The summed E-state index contributed by atoms with van der Waals surface area (Å²) in [6.07, 6.45) is 6.49. The molecule has 0 radical (unpaired) electrons. The molecule has 0 saturated carbocycles. The standard InChI is InChI=1S/C26H23N5O3S/c27-13-18-17-8-2-1-3-11-22(17)35-26(18)30-20-9-5-10-21(32)24(20)23(19(14-28)25(30)29)15-6-4-7-16(12-15)31(33)34/h4,6-7,12,23H,1-3,5,8-11,29H2/t23-/m0/s1. The Morgan fingerprint density at radius 3 is 2.63 bits per heavy atom. The Morgan fingerprint density at radius 1 is 1.09 bits per heavy atom. The summed E-state index contributed by atoms with van der Waals surface area (Å²) in [5.41, 5.74) is 9.99. The summed E-state index contributed by atoms with van der Waals surface area (Å²) in [6, 6.07) is 10.6. The van der Waals surface area contributed by atoms with E-state index in [1.165, 1.54) is 28.3 Å². The van der Waals surface area contributed by atoms with Crippen LogP contribution in [0.15, 0.2) is 46.9 Å². The number of rotatable bonds is 3. The molecule has 0 spiro atoms. The minimum absolute atomic E-state index is 0.0929. The maximum Gasteiger partial charge on any atom is 0.269 e. The van der Waals surface area contributed by atoms with E-state index in [1.54, 1.807) is 17.0 Å². The molecule has 2 N–H and O–H groups in total. The van der Waals surface area contributed by atoms with Crippen LogP contribution in [0.3, 0.4) is 0 Å². The molecule has 9 heteroatoms. The number of thiophene rings is 1. The van der Waals surface area contributed by atoms with E-state index in [0.717, 1.165) is 37.7 Å². The third kappa shape index (κ3) is 3.69. The summed E-state index contributed by atoms with van der Waals surface area (Å²) < 4.78 is 0. The van der Waals surface area contributed by atoms with Crippen molar-refractivity contribution in [2.75, 3.05) is 4.90 Å². The van der Waals surface area contributed by atoms with Crippen molar-refractivity contribution < 1.29 is 9.72 Å². The van der Waals surface area contributed by atoms with E-state index < -0.39 is 10.8 Å². The van der Waals surface area contributed by atoms with Gasteiger partial charge in [-0.1, -0.05) is 18.6 Å². The van der Waals surface area contributed by atoms with Crippen molar-refractivity contribution in [2.45, 2.75) is 57.3 Å². The molecule has 8 nitrogen and oxygen atoms in total. The van der Waals surface area contributed by atoms with E-state index in [1.807, 2.05) is 0 Å². The molecule has 1 atom stereocenters. The zero-order valence-corrected chi connectivity index (χ0v) is 19.9. The molecule has 2 aromatic rings. The minimum Gasteiger partial charge on any atom is -0.384 e. The van der Waals surface area contributed by atoms with Gasteiger partial charge in [0.15, 0.2) is 5.78 Å². The fourth-order valence-corrected chi connectivity index (χ4v) is 6.85. The molecule has 0 saturated heterocycles. The molecule has 0 unspecified atom stereocenters. The summed E-state index contributed by atoms with van der Waals surface area (Å²) >= 11 is 1.53. The molecule has 35 heavy (non-hydrogen) atoms. The van der Waals surface area contributed by atoms with Gasteiger partial charge in [0, 0.05) is 34.7 Å². The van der Waals surface area contributed by atoms with Gasteiger partial charge in [0.25, 0.3) is 5.69 Å². The van der Waals surface area contributed by atoms with Gasteiger partial charge in [-0.15, -0.1) is 11.3 Å². The summed E-state index contributed by atoms with van der Waals surface area (Å²) in [5, 5.41) is 32.4. The van der Waals surface area contributed by atoms with Crippen LogP contribution in [0, 0.1) is 32.8 Å². The van der Waals surface area contributed by atoms with Gasteiger partial charge in [0.05, 0.1) is 28.0 Å². The number of non-ortho nitro benzene ring substituents is 1. The lowest BCUT2D eigenvalue weighted by molar-refractivity contribution is -0.384. The van der Waals surface area contributed by atoms with Gasteiger partial charge in [-0.25, -0.2) is 0 Å². The maximum atomic E-state index is 13.3. The fourth-order valence-electron chi connectivity index (χ4n) is 5.47. The Hall–Kier alpha value is -3.95. The molecule has 1 aromatic heterocycles. The minimum atomic E-state index is -0.776. The zero-order valence-electron chi connectivity index (χ0n) is 19.0. The lowest BCUT2D eigenvalue weighted by Crippen LogP contribution is -2.38. The highest BCUT2D eigenvalue weighted by Gasteiger charge is 2.42. The number of hydrogen-bond acceptors (Lipinski definition) is 8. The number of benzene rings is 1. The first-order chi connectivity index (χ1) is 17.0. The Morgan fingerprint density at radius 2 is 1.89 bits per heavy atom. The van der Waals surface area contributed by atoms with Crippen molar-refractivity contribution >= 4 is 27.8 Å². The van der Waals surface area contributed by atoms with Crippen LogP contribution >= 0.6 is 11.3 Å². The van der Waals surface area contributed by atoms with Crippen LogP contribution < -0.4 is 10.6 Å². The van der Waals surface area contributed by atoms with Crippen LogP contribution in [0.5, 0.6) is 0 Å². The summed E-state index contributed by atoms with van der Waals surface area (Å²) in [5.74, 6) is -0.683. The monoisotopic (exact) mass is 485 g/mol. The fraction of sp³-hybridized carbons (Fsp3) is 0.346. The number of nitrogens with two attached hydrogens (primary N) is 1. The Bertz CT molecular complexity index is 1400. The molecular weight excluding hydrogens is 462 g/mol. The first-order valence-electron chi connectivity index (χ1n) is 11.7. The molecule has 1 aliphatic heterocycles. The first-order valence-corrected chi connectivity index (χ1v) is 12.5. The van der Waals surface area contributed by atoms with Crippen molar-refractivity contribution in [3.63, 3.8) is 0 Å². The average molecular weight is 486 g/mol. The van der Waals surface area contributed by atoms with Gasteiger partial charge in [0.2, 0.25) is 0 Å². The summed E-state index contributed by atoms with van der Waals surface area (Å²) in [4.78, 5) is 27.2. The van der Waals surface area contributed by atoms with Crippen molar-refractivity contribution in [1.82, 2.24) is 0 Å². The number of allylic oxidation sites excluding steroid dienone is 3. The molecule has 3 aliphatic rings. The third-order valence-electron chi connectivity index (χ3n) is 7.05. The number of nitriles is 2. The first kappa shape index (κ1) is 22.8. The van der Waals surface area contributed by atoms with Crippen molar-refractivity contribution in [3.8, 4) is 12.1 Å². The van der Waals surface area contributed by atoms with Crippen LogP contribution in [0.2, 0.25) is 0 Å². The highest BCUT2D eigenvalue weighted by Crippen LogP contribution is 2.50. The van der Waals surface area contributed by atoms with Gasteiger partial charge in [0.1, 0.15) is 16.9 Å². The van der Waals surface area contributed by atoms with E-state index in [-0.39, 0.29) is 22.9 Å². The van der Waals surface area contributed by atoms with Gasteiger partial charge in [-0.05, 0) is 49.7 Å². The second kappa shape index (κ2) is 9.01. The number of ketones is 1. The molecule has 5 rings (SSSR count). The molecule has 176 valence electrons. The van der Waals surface area contributed by atoms with E-state index in [9.17, 15) is 25.4 Å². The third-order valence-corrected chi connectivity index (χ3v) is 8.32. The second-order valence-electron chi connectivity index (χ2n) is 9.02. The molecule has 2 aliphatic carbocycles. The Kier molecular flexibility index (Phi) is 5.88. The molecule has 0 amide bonds. The van der Waals surface area contributed by atoms with Crippen LogP contribution in [0.1, 0.15) is 66.0 Å². The topological polar surface area (TPSA) is 137 Å². The van der Waals surface area contributed by atoms with Crippen molar-refractivity contribution in [3.05, 3.63) is 78.6 Å². The van der Waals surface area contributed by atoms with Gasteiger partial charge < -0.3 is 5.73 Å². The number of hydrogen-bond donors (Lipinski definition) is 1.